The van der Waals surface area contributed by atoms with E-state index in [1.807, 2.05) is 36.6 Å². The summed E-state index contributed by atoms with van der Waals surface area (Å²) in [6.45, 7) is 1.99. The molecule has 0 unspecified atom stereocenters. The normalized spacial score (nSPS) is 10.6. The Labute approximate surface area is 154 Å². The van der Waals surface area contributed by atoms with Crippen molar-refractivity contribution in [1.82, 2.24) is 4.98 Å². The molecule has 0 radical (unpaired) electrons. The Morgan fingerprint density at radius 3 is 2.80 bits per heavy atom. The maximum atomic E-state index is 13.0. The van der Waals surface area contributed by atoms with Crippen molar-refractivity contribution >= 4 is 34.7 Å². The summed E-state index contributed by atoms with van der Waals surface area (Å²) in [7, 11) is 0. The summed E-state index contributed by atoms with van der Waals surface area (Å²) in [6.07, 6.45) is 0.421. The molecule has 1 heterocycles. The van der Waals surface area contributed by atoms with E-state index in [2.05, 4.69) is 10.3 Å². The summed E-state index contributed by atoms with van der Waals surface area (Å²) >= 11 is 3.09. The molecule has 0 aliphatic carbocycles. The summed E-state index contributed by atoms with van der Waals surface area (Å²) in [5, 5.41) is 4.85. The van der Waals surface area contributed by atoms with Gasteiger partial charge >= 0.3 is 0 Å². The number of nitrogens with one attached hydrogen (secondary N) is 1. The predicted octanol–water partition coefficient (Wildman–Crippen LogP) is 5.38. The van der Waals surface area contributed by atoms with Crippen molar-refractivity contribution in [3.05, 3.63) is 65.3 Å². The molecule has 0 spiro atoms. The molecule has 1 N–H and O–H groups in total. The average molecular weight is 372 g/mol. The molecule has 0 saturated carbocycles. The zero-order chi connectivity index (χ0) is 17.6. The van der Waals surface area contributed by atoms with E-state index in [1.165, 1.54) is 23.5 Å². The van der Waals surface area contributed by atoms with Crippen LogP contribution in [0.2, 0.25) is 0 Å². The minimum atomic E-state index is -0.256. The van der Waals surface area contributed by atoms with Crippen molar-refractivity contribution in [2.45, 2.75) is 17.7 Å². The van der Waals surface area contributed by atoms with Crippen molar-refractivity contribution in [1.29, 1.82) is 0 Å². The highest BCUT2D eigenvalue weighted by atomic mass is 32.2. The van der Waals surface area contributed by atoms with Gasteiger partial charge < -0.3 is 5.32 Å². The lowest BCUT2D eigenvalue weighted by atomic mass is 10.2. The lowest BCUT2D eigenvalue weighted by molar-refractivity contribution is -0.115. The summed E-state index contributed by atoms with van der Waals surface area (Å²) in [5.74, 6) is 0.398. The highest BCUT2D eigenvalue weighted by Gasteiger charge is 2.07. The molecule has 3 nitrogen and oxygen atoms in total. The third kappa shape index (κ3) is 5.14. The Morgan fingerprint density at radius 2 is 2.04 bits per heavy atom. The van der Waals surface area contributed by atoms with Crippen molar-refractivity contribution in [3.63, 3.8) is 0 Å². The largest absolute Gasteiger partial charge is 0.326 e. The highest BCUT2D eigenvalue weighted by molar-refractivity contribution is 8.01. The fourth-order valence-corrected chi connectivity index (χ4v) is 4.10. The Kier molecular flexibility index (Phi) is 5.83. The molecule has 1 amide bonds. The van der Waals surface area contributed by atoms with Crippen molar-refractivity contribution in [2.24, 2.45) is 0 Å². The number of thiazole rings is 1. The van der Waals surface area contributed by atoms with Gasteiger partial charge in [-0.3, -0.25) is 4.79 Å². The Bertz CT molecular complexity index is 862. The number of anilines is 1. The number of nitrogens with zero attached hydrogens (tertiary/aromatic N) is 1. The van der Waals surface area contributed by atoms with Crippen LogP contribution in [-0.2, 0) is 4.79 Å². The maximum Gasteiger partial charge on any atom is 0.225 e. The number of carbonyl (C=O) groups is 1. The van der Waals surface area contributed by atoms with Crippen molar-refractivity contribution < 1.29 is 9.18 Å². The molecule has 3 rings (SSSR count). The van der Waals surface area contributed by atoms with Crippen molar-refractivity contribution in [3.8, 4) is 11.3 Å². The molecule has 0 fully saturated rings. The Hall–Kier alpha value is -2.18. The fourth-order valence-electron chi connectivity index (χ4n) is 2.25. The first-order valence-electron chi connectivity index (χ1n) is 7.81. The molecular formula is C19H17FN2OS2. The van der Waals surface area contributed by atoms with Gasteiger partial charge in [0.15, 0.2) is 4.34 Å². The predicted molar refractivity (Wildman–Crippen MR) is 103 cm³/mol. The first-order valence-corrected chi connectivity index (χ1v) is 9.67. The van der Waals surface area contributed by atoms with Gasteiger partial charge in [0.1, 0.15) is 5.82 Å². The second-order valence-electron chi connectivity index (χ2n) is 5.52. The van der Waals surface area contributed by atoms with E-state index in [0.717, 1.165) is 26.8 Å². The maximum absolute atomic E-state index is 13.0. The van der Waals surface area contributed by atoms with E-state index < -0.39 is 0 Å². The first-order chi connectivity index (χ1) is 12.1. The lowest BCUT2D eigenvalue weighted by Gasteiger charge is -2.05. The monoisotopic (exact) mass is 372 g/mol. The molecule has 0 aliphatic heterocycles. The number of amides is 1. The van der Waals surface area contributed by atoms with Crippen LogP contribution in [0.5, 0.6) is 0 Å². The minimum Gasteiger partial charge on any atom is -0.326 e. The molecule has 0 atom stereocenters. The quantitative estimate of drug-likeness (QED) is 0.591. The number of rotatable bonds is 6. The minimum absolute atomic E-state index is 0.00610. The molecule has 6 heteroatoms. The Balaban J connectivity index is 1.49. The molecule has 25 heavy (non-hydrogen) atoms. The van der Waals surface area contributed by atoms with Gasteiger partial charge in [-0.15, -0.1) is 11.3 Å². The van der Waals surface area contributed by atoms with Crippen LogP contribution in [0.4, 0.5) is 10.1 Å². The number of carbonyl (C=O) groups excluding carboxylic acids is 1. The fraction of sp³-hybridized carbons (Fsp3) is 0.158. The summed E-state index contributed by atoms with van der Waals surface area (Å²) in [5.41, 5.74) is 3.66. The van der Waals surface area contributed by atoms with Gasteiger partial charge in [0, 0.05) is 28.8 Å². The number of halogens is 1. The van der Waals surface area contributed by atoms with Crippen LogP contribution < -0.4 is 5.32 Å². The van der Waals surface area contributed by atoms with Gasteiger partial charge in [-0.1, -0.05) is 23.9 Å². The zero-order valence-corrected chi connectivity index (χ0v) is 15.3. The molecule has 128 valence electrons. The van der Waals surface area contributed by atoms with Crippen LogP contribution in [0.3, 0.4) is 0 Å². The number of thioether (sulfide) groups is 1. The third-order valence-electron chi connectivity index (χ3n) is 3.48. The zero-order valence-electron chi connectivity index (χ0n) is 13.7. The van der Waals surface area contributed by atoms with Gasteiger partial charge in [0.2, 0.25) is 5.91 Å². The van der Waals surface area contributed by atoms with Crippen LogP contribution >= 0.6 is 23.1 Å². The van der Waals surface area contributed by atoms with Gasteiger partial charge in [-0.25, -0.2) is 9.37 Å². The summed E-state index contributed by atoms with van der Waals surface area (Å²) < 4.78 is 13.9. The van der Waals surface area contributed by atoms with Crippen LogP contribution in [0.1, 0.15) is 12.0 Å². The SMILES string of the molecule is Cc1cccc(NC(=O)CCSc2nc(-c3ccc(F)cc3)cs2)c1. The number of benzene rings is 2. The van der Waals surface area contributed by atoms with Gasteiger partial charge in [0.05, 0.1) is 5.69 Å². The van der Waals surface area contributed by atoms with Crippen LogP contribution in [0.25, 0.3) is 11.3 Å². The topological polar surface area (TPSA) is 42.0 Å². The highest BCUT2D eigenvalue weighted by Crippen LogP contribution is 2.28. The third-order valence-corrected chi connectivity index (χ3v) is 5.50. The van der Waals surface area contributed by atoms with Crippen LogP contribution in [0, 0.1) is 12.7 Å². The lowest BCUT2D eigenvalue weighted by Crippen LogP contribution is -2.12. The van der Waals surface area contributed by atoms with E-state index in [-0.39, 0.29) is 11.7 Å². The second kappa shape index (κ2) is 8.27. The molecule has 2 aromatic carbocycles. The van der Waals surface area contributed by atoms with Gasteiger partial charge in [-0.2, -0.15) is 0 Å². The Morgan fingerprint density at radius 1 is 1.24 bits per heavy atom. The summed E-state index contributed by atoms with van der Waals surface area (Å²) in [4.78, 5) is 16.5. The molecule has 3 aromatic rings. The molecule has 1 aromatic heterocycles. The van der Waals surface area contributed by atoms with Crippen LogP contribution in [0.15, 0.2) is 58.3 Å². The average Bonchev–Trinajstić information content (AvgIpc) is 3.04. The number of aromatic nitrogens is 1. The van der Waals surface area contributed by atoms with Gasteiger partial charge in [-0.05, 0) is 48.9 Å². The van der Waals surface area contributed by atoms with E-state index in [0.29, 0.717) is 12.2 Å². The van der Waals surface area contributed by atoms with Crippen LogP contribution in [-0.4, -0.2) is 16.6 Å². The second-order valence-corrected chi connectivity index (χ2v) is 7.72. The molecule has 0 saturated heterocycles. The number of aryl methyl sites for hydroxylation is 1. The molecule has 0 aliphatic rings. The van der Waals surface area contributed by atoms with E-state index in [4.69, 9.17) is 0 Å². The van der Waals surface area contributed by atoms with E-state index in [1.54, 1.807) is 23.9 Å². The molecular weight excluding hydrogens is 355 g/mol. The first kappa shape index (κ1) is 17.6. The standard InChI is InChI=1S/C19H17FN2OS2/c1-13-3-2-4-16(11-13)21-18(23)9-10-24-19-22-17(12-25-19)14-5-7-15(20)8-6-14/h2-8,11-12H,9-10H2,1H3,(H,21,23). The van der Waals surface area contributed by atoms with Crippen molar-refractivity contribution in [2.75, 3.05) is 11.1 Å². The smallest absolute Gasteiger partial charge is 0.225 e. The van der Waals surface area contributed by atoms with E-state index in [9.17, 15) is 9.18 Å². The van der Waals surface area contributed by atoms with Gasteiger partial charge in [0.25, 0.3) is 0 Å². The summed E-state index contributed by atoms with van der Waals surface area (Å²) in [6, 6.07) is 14.0. The van der Waals surface area contributed by atoms with E-state index >= 15 is 0 Å². The molecule has 0 bridgehead atoms. The number of hydrogen-bond donors (Lipinski definition) is 1. The number of hydrogen-bond acceptors (Lipinski definition) is 4.